The van der Waals surface area contributed by atoms with E-state index in [0.717, 1.165) is 29.9 Å². The highest BCUT2D eigenvalue weighted by molar-refractivity contribution is 6.09. The van der Waals surface area contributed by atoms with Crippen molar-refractivity contribution in [1.82, 2.24) is 0 Å². The molecule has 0 aliphatic rings. The van der Waals surface area contributed by atoms with Crippen molar-refractivity contribution in [1.29, 1.82) is 0 Å². The fourth-order valence-electron chi connectivity index (χ4n) is 7.47. The molecule has 2 atom stereocenters. The molecule has 0 aromatic heterocycles. The zero-order valence-corrected chi connectivity index (χ0v) is 35.8. The van der Waals surface area contributed by atoms with Gasteiger partial charge in [-0.15, -0.1) is 0 Å². The zero-order valence-electron chi connectivity index (χ0n) is 35.8. The molecule has 0 amide bonds. The third kappa shape index (κ3) is 8.75. The van der Waals surface area contributed by atoms with Gasteiger partial charge in [0.05, 0.1) is 12.7 Å². The highest BCUT2D eigenvalue weighted by Crippen LogP contribution is 2.38. The van der Waals surface area contributed by atoms with Gasteiger partial charge in [0.2, 0.25) is 0 Å². The largest absolute Gasteiger partial charge is 0.497 e. The number of carbonyl (C=O) groups excluding carboxylic acids is 1. The molecule has 0 fully saturated rings. The standard InChI is InChI=1S/C53H58O5/c1-11-52(7,56-10)43-21-17-39(18-22-43)51(5,6)42-27-35-47(36-28-42)57-46-29-13-37(14-30-46)49(54)38-15-31-48(32-16-38)58-53(8,12-2)44-23-19-40(20-24-44)50(3,4)41-25-33-45(55-9)34-26-41/h13-36H,11-12H2,1-10H3. The molecule has 5 nitrogen and oxygen atoms in total. The molecule has 0 N–H and O–H groups in total. The van der Waals surface area contributed by atoms with Gasteiger partial charge in [-0.05, 0) is 133 Å². The summed E-state index contributed by atoms with van der Waals surface area (Å²) in [7, 11) is 3.45. The van der Waals surface area contributed by atoms with Crippen LogP contribution in [0.2, 0.25) is 0 Å². The molecule has 0 heterocycles. The molecule has 6 aromatic carbocycles. The Hall–Kier alpha value is -5.65. The molecule has 0 saturated heterocycles. The number of ketones is 1. The topological polar surface area (TPSA) is 54.0 Å². The summed E-state index contributed by atoms with van der Waals surface area (Å²) in [6.07, 6.45) is 1.67. The molecule has 0 aliphatic carbocycles. The van der Waals surface area contributed by atoms with Gasteiger partial charge in [0.25, 0.3) is 0 Å². The molecule has 0 bridgehead atoms. The van der Waals surface area contributed by atoms with Crippen LogP contribution in [-0.2, 0) is 26.8 Å². The SMILES string of the molecule is CCC(C)(OC)c1ccc(C(C)(C)c2ccc(Oc3ccc(C(=O)c4ccc(OC(C)(CC)c5ccc(C(C)(C)c6ccc(OC)cc6)cc5)cc4)cc3)cc2)cc1. The fourth-order valence-corrected chi connectivity index (χ4v) is 7.47. The maximum Gasteiger partial charge on any atom is 0.193 e. The molecule has 300 valence electrons. The van der Waals surface area contributed by atoms with Gasteiger partial charge < -0.3 is 18.9 Å². The van der Waals surface area contributed by atoms with E-state index in [4.69, 9.17) is 18.9 Å². The summed E-state index contributed by atoms with van der Waals surface area (Å²) in [5, 5.41) is 0. The van der Waals surface area contributed by atoms with Crippen LogP contribution in [0.5, 0.6) is 23.0 Å². The molecular formula is C53H58O5. The van der Waals surface area contributed by atoms with Gasteiger partial charge in [0.1, 0.15) is 28.6 Å². The molecular weight excluding hydrogens is 717 g/mol. The molecule has 0 spiro atoms. The van der Waals surface area contributed by atoms with Crippen molar-refractivity contribution < 1.29 is 23.7 Å². The lowest BCUT2D eigenvalue weighted by Crippen LogP contribution is -2.29. The molecule has 6 rings (SSSR count). The summed E-state index contributed by atoms with van der Waals surface area (Å²) < 4.78 is 23.9. The molecule has 5 heteroatoms. The minimum absolute atomic E-state index is 0.0624. The van der Waals surface area contributed by atoms with Gasteiger partial charge in [-0.3, -0.25) is 4.79 Å². The maximum absolute atomic E-state index is 13.5. The van der Waals surface area contributed by atoms with E-state index in [9.17, 15) is 4.79 Å². The molecule has 0 aliphatic heterocycles. The van der Waals surface area contributed by atoms with Crippen molar-refractivity contribution in [2.24, 2.45) is 0 Å². The quantitative estimate of drug-likeness (QED) is 0.0917. The number of ether oxygens (including phenoxy) is 4. The molecule has 6 aromatic rings. The lowest BCUT2D eigenvalue weighted by molar-refractivity contribution is -0.00142. The average Bonchev–Trinajstić information content (AvgIpc) is 3.26. The van der Waals surface area contributed by atoms with Gasteiger partial charge in [0.15, 0.2) is 5.78 Å². The lowest BCUT2D eigenvalue weighted by atomic mass is 9.77. The summed E-state index contributed by atoms with van der Waals surface area (Å²) in [6, 6.07) is 48.7. The zero-order chi connectivity index (χ0) is 41.7. The van der Waals surface area contributed by atoms with Crippen LogP contribution in [0.1, 0.15) is 118 Å². The van der Waals surface area contributed by atoms with Crippen molar-refractivity contribution in [3.8, 4) is 23.0 Å². The first-order valence-corrected chi connectivity index (χ1v) is 20.3. The van der Waals surface area contributed by atoms with E-state index in [2.05, 4.69) is 128 Å². The van der Waals surface area contributed by atoms with Gasteiger partial charge in [0, 0.05) is 29.1 Å². The van der Waals surface area contributed by atoms with Crippen molar-refractivity contribution in [2.75, 3.05) is 14.2 Å². The predicted molar refractivity (Wildman–Crippen MR) is 236 cm³/mol. The van der Waals surface area contributed by atoms with Gasteiger partial charge in [-0.1, -0.05) is 114 Å². The van der Waals surface area contributed by atoms with Crippen molar-refractivity contribution >= 4 is 5.78 Å². The fraction of sp³-hybridized carbons (Fsp3) is 0.302. The molecule has 0 radical (unpaired) electrons. The Morgan fingerprint density at radius 1 is 0.414 bits per heavy atom. The Kier molecular flexibility index (Phi) is 12.3. The summed E-state index contributed by atoms with van der Waals surface area (Å²) >= 11 is 0. The second kappa shape index (κ2) is 17.1. The second-order valence-electron chi connectivity index (χ2n) is 16.6. The summed E-state index contributed by atoms with van der Waals surface area (Å²) in [6.45, 7) is 17.4. The van der Waals surface area contributed by atoms with E-state index in [0.29, 0.717) is 22.6 Å². The number of hydrogen-bond acceptors (Lipinski definition) is 5. The normalized spacial score (nSPS) is 13.9. The van der Waals surface area contributed by atoms with E-state index in [1.807, 2.05) is 72.8 Å². The monoisotopic (exact) mass is 774 g/mol. The number of rotatable bonds is 16. The van der Waals surface area contributed by atoms with E-state index < -0.39 is 5.60 Å². The van der Waals surface area contributed by atoms with Crippen molar-refractivity contribution in [3.63, 3.8) is 0 Å². The highest BCUT2D eigenvalue weighted by Gasteiger charge is 2.30. The van der Waals surface area contributed by atoms with Gasteiger partial charge >= 0.3 is 0 Å². The third-order valence-electron chi connectivity index (χ3n) is 12.4. The Labute approximate surface area is 346 Å². The van der Waals surface area contributed by atoms with Crippen LogP contribution in [0.15, 0.2) is 146 Å². The Bertz CT molecular complexity index is 2260. The Balaban J connectivity index is 1.07. The summed E-state index contributed by atoms with van der Waals surface area (Å²) in [5.74, 6) is 2.89. The van der Waals surface area contributed by atoms with Crippen LogP contribution in [0.4, 0.5) is 0 Å². The minimum atomic E-state index is -0.547. The van der Waals surface area contributed by atoms with E-state index in [1.165, 1.54) is 27.8 Å². The number of carbonyl (C=O) groups is 1. The van der Waals surface area contributed by atoms with E-state index >= 15 is 0 Å². The Morgan fingerprint density at radius 2 is 0.724 bits per heavy atom. The summed E-state index contributed by atoms with van der Waals surface area (Å²) in [5.41, 5.74) is 7.10. The first-order chi connectivity index (χ1) is 27.6. The van der Waals surface area contributed by atoms with Crippen LogP contribution in [0.25, 0.3) is 0 Å². The van der Waals surface area contributed by atoms with Crippen LogP contribution in [-0.4, -0.2) is 20.0 Å². The van der Waals surface area contributed by atoms with E-state index in [-0.39, 0.29) is 22.2 Å². The molecule has 2 unspecified atom stereocenters. The summed E-state index contributed by atoms with van der Waals surface area (Å²) in [4.78, 5) is 13.5. The predicted octanol–water partition coefficient (Wildman–Crippen LogP) is 13.3. The van der Waals surface area contributed by atoms with Crippen LogP contribution < -0.4 is 14.2 Å². The van der Waals surface area contributed by atoms with Crippen molar-refractivity contribution in [3.05, 3.63) is 190 Å². The highest BCUT2D eigenvalue weighted by atomic mass is 16.5. The Morgan fingerprint density at radius 3 is 1.09 bits per heavy atom. The number of benzene rings is 6. The first-order valence-electron chi connectivity index (χ1n) is 20.3. The van der Waals surface area contributed by atoms with Crippen LogP contribution >= 0.6 is 0 Å². The smallest absolute Gasteiger partial charge is 0.193 e. The molecule has 58 heavy (non-hydrogen) atoms. The maximum atomic E-state index is 13.5. The van der Waals surface area contributed by atoms with E-state index in [1.54, 1.807) is 14.2 Å². The van der Waals surface area contributed by atoms with Crippen LogP contribution in [0.3, 0.4) is 0 Å². The van der Waals surface area contributed by atoms with Crippen LogP contribution in [0, 0.1) is 0 Å². The molecule has 0 saturated carbocycles. The lowest BCUT2D eigenvalue weighted by Gasteiger charge is -2.32. The second-order valence-corrected chi connectivity index (χ2v) is 16.6. The number of hydrogen-bond donors (Lipinski definition) is 0. The van der Waals surface area contributed by atoms with Gasteiger partial charge in [-0.2, -0.15) is 0 Å². The third-order valence-corrected chi connectivity index (χ3v) is 12.4. The average molecular weight is 775 g/mol. The van der Waals surface area contributed by atoms with Crippen molar-refractivity contribution in [2.45, 2.75) is 90.3 Å². The number of methoxy groups -OCH3 is 2. The minimum Gasteiger partial charge on any atom is -0.497 e. The first kappa shape index (κ1) is 42.0. The van der Waals surface area contributed by atoms with Gasteiger partial charge in [-0.25, -0.2) is 0 Å².